The second-order valence-corrected chi connectivity index (χ2v) is 5.03. The summed E-state index contributed by atoms with van der Waals surface area (Å²) in [7, 11) is 0. The lowest BCUT2D eigenvalue weighted by Crippen LogP contribution is -2.29. The van der Waals surface area contributed by atoms with Crippen molar-refractivity contribution >= 4 is 27.3 Å². The van der Waals surface area contributed by atoms with E-state index in [2.05, 4.69) is 44.8 Å². The van der Waals surface area contributed by atoms with Crippen LogP contribution >= 0.6 is 15.9 Å². The van der Waals surface area contributed by atoms with E-state index >= 15 is 0 Å². The molecule has 2 atom stereocenters. The molecular formula is C11H13BrN2O. The molecule has 2 aliphatic heterocycles. The molecule has 1 saturated heterocycles. The monoisotopic (exact) mass is 268 g/mol. The lowest BCUT2D eigenvalue weighted by atomic mass is 10.0. The zero-order valence-corrected chi connectivity index (χ0v) is 9.88. The van der Waals surface area contributed by atoms with Crippen LogP contribution in [0.25, 0.3) is 0 Å². The van der Waals surface area contributed by atoms with Gasteiger partial charge in [-0.3, -0.25) is 0 Å². The highest BCUT2D eigenvalue weighted by Crippen LogP contribution is 2.31. The SMILES string of the molecule is Brc1ccc2c(c1)NCC1COCC1N2. The van der Waals surface area contributed by atoms with E-state index in [1.165, 1.54) is 11.4 Å². The normalized spacial score (nSPS) is 28.3. The molecule has 0 radical (unpaired) electrons. The Hall–Kier alpha value is -0.740. The van der Waals surface area contributed by atoms with Gasteiger partial charge in [0.15, 0.2) is 0 Å². The van der Waals surface area contributed by atoms with Crippen molar-refractivity contribution in [1.82, 2.24) is 0 Å². The summed E-state index contributed by atoms with van der Waals surface area (Å²) in [4.78, 5) is 0. The summed E-state index contributed by atoms with van der Waals surface area (Å²) in [6, 6.07) is 6.74. The first-order valence-electron chi connectivity index (χ1n) is 5.20. The summed E-state index contributed by atoms with van der Waals surface area (Å²) in [5.74, 6) is 0.580. The molecule has 0 aliphatic carbocycles. The maximum absolute atomic E-state index is 5.47. The van der Waals surface area contributed by atoms with E-state index in [9.17, 15) is 0 Å². The molecule has 0 saturated carbocycles. The van der Waals surface area contributed by atoms with E-state index in [1.54, 1.807) is 0 Å². The average molecular weight is 269 g/mol. The number of rotatable bonds is 0. The van der Waals surface area contributed by atoms with Crippen LogP contribution in [-0.2, 0) is 4.74 Å². The maximum atomic E-state index is 5.47. The van der Waals surface area contributed by atoms with Gasteiger partial charge in [0.1, 0.15) is 0 Å². The molecule has 4 heteroatoms. The summed E-state index contributed by atoms with van der Waals surface area (Å²) in [5, 5.41) is 7.01. The third-order valence-corrected chi connectivity index (χ3v) is 3.57. The van der Waals surface area contributed by atoms with E-state index in [-0.39, 0.29) is 0 Å². The minimum Gasteiger partial charge on any atom is -0.383 e. The molecule has 2 unspecified atom stereocenters. The average Bonchev–Trinajstić information content (AvgIpc) is 2.59. The third-order valence-electron chi connectivity index (χ3n) is 3.08. The summed E-state index contributed by atoms with van der Waals surface area (Å²) >= 11 is 3.48. The minimum atomic E-state index is 0.458. The van der Waals surface area contributed by atoms with Gasteiger partial charge in [0, 0.05) is 16.9 Å². The van der Waals surface area contributed by atoms with Gasteiger partial charge in [0.2, 0.25) is 0 Å². The molecule has 2 aliphatic rings. The highest BCUT2D eigenvalue weighted by molar-refractivity contribution is 9.10. The Bertz CT molecular complexity index is 383. The number of ether oxygens (including phenoxy) is 1. The molecule has 15 heavy (non-hydrogen) atoms. The van der Waals surface area contributed by atoms with Crippen LogP contribution in [0.5, 0.6) is 0 Å². The third kappa shape index (κ3) is 1.72. The second-order valence-electron chi connectivity index (χ2n) is 4.12. The highest BCUT2D eigenvalue weighted by Gasteiger charge is 2.30. The van der Waals surface area contributed by atoms with Crippen molar-refractivity contribution in [3.63, 3.8) is 0 Å². The van der Waals surface area contributed by atoms with Gasteiger partial charge in [0.25, 0.3) is 0 Å². The van der Waals surface area contributed by atoms with Crippen LogP contribution < -0.4 is 10.6 Å². The Morgan fingerprint density at radius 1 is 1.27 bits per heavy atom. The molecule has 1 aromatic carbocycles. The number of hydrogen-bond donors (Lipinski definition) is 2. The predicted molar refractivity (Wildman–Crippen MR) is 64.4 cm³/mol. The number of hydrogen-bond acceptors (Lipinski definition) is 3. The highest BCUT2D eigenvalue weighted by atomic mass is 79.9. The quantitative estimate of drug-likeness (QED) is 0.758. The lowest BCUT2D eigenvalue weighted by molar-refractivity contribution is 0.186. The number of halogens is 1. The van der Waals surface area contributed by atoms with Crippen molar-refractivity contribution in [3.05, 3.63) is 22.7 Å². The van der Waals surface area contributed by atoms with Crippen LogP contribution in [0.1, 0.15) is 0 Å². The van der Waals surface area contributed by atoms with Crippen LogP contribution in [0.4, 0.5) is 11.4 Å². The number of benzene rings is 1. The van der Waals surface area contributed by atoms with Gasteiger partial charge in [0.05, 0.1) is 30.6 Å². The van der Waals surface area contributed by atoms with Crippen LogP contribution in [-0.4, -0.2) is 25.8 Å². The van der Waals surface area contributed by atoms with Crippen molar-refractivity contribution in [2.45, 2.75) is 6.04 Å². The van der Waals surface area contributed by atoms with Gasteiger partial charge < -0.3 is 15.4 Å². The summed E-state index contributed by atoms with van der Waals surface area (Å²) in [6.45, 7) is 2.67. The Labute approximate surface area is 97.3 Å². The van der Waals surface area contributed by atoms with E-state index in [4.69, 9.17) is 4.74 Å². The van der Waals surface area contributed by atoms with E-state index in [0.29, 0.717) is 12.0 Å². The summed E-state index contributed by atoms with van der Waals surface area (Å²) in [6.07, 6.45) is 0. The van der Waals surface area contributed by atoms with E-state index in [1.807, 2.05) is 0 Å². The predicted octanol–water partition coefficient (Wildman–Crippen LogP) is 2.30. The number of fused-ring (bicyclic) bond motifs is 2. The summed E-state index contributed by atoms with van der Waals surface area (Å²) < 4.78 is 6.58. The molecule has 0 spiro atoms. The van der Waals surface area contributed by atoms with E-state index < -0.39 is 0 Å². The zero-order chi connectivity index (χ0) is 10.3. The smallest absolute Gasteiger partial charge is 0.0672 e. The van der Waals surface area contributed by atoms with Crippen LogP contribution in [0.15, 0.2) is 22.7 Å². The molecule has 0 aromatic heterocycles. The van der Waals surface area contributed by atoms with Crippen molar-refractivity contribution in [2.75, 3.05) is 30.4 Å². The van der Waals surface area contributed by atoms with Crippen molar-refractivity contribution in [2.24, 2.45) is 5.92 Å². The fourth-order valence-electron chi connectivity index (χ4n) is 2.19. The van der Waals surface area contributed by atoms with Crippen molar-refractivity contribution in [1.29, 1.82) is 0 Å². The minimum absolute atomic E-state index is 0.458. The molecule has 0 bridgehead atoms. The molecule has 3 rings (SSSR count). The maximum Gasteiger partial charge on any atom is 0.0672 e. The van der Waals surface area contributed by atoms with Crippen LogP contribution in [0.2, 0.25) is 0 Å². The fraction of sp³-hybridized carbons (Fsp3) is 0.455. The van der Waals surface area contributed by atoms with Gasteiger partial charge in [-0.05, 0) is 18.2 Å². The van der Waals surface area contributed by atoms with Crippen molar-refractivity contribution in [3.8, 4) is 0 Å². The van der Waals surface area contributed by atoms with Gasteiger partial charge >= 0.3 is 0 Å². The first kappa shape index (κ1) is 9.48. The first-order chi connectivity index (χ1) is 7.33. The van der Waals surface area contributed by atoms with Gasteiger partial charge in [-0.15, -0.1) is 0 Å². The number of anilines is 2. The van der Waals surface area contributed by atoms with Gasteiger partial charge in [-0.25, -0.2) is 0 Å². The molecule has 1 fully saturated rings. The second kappa shape index (κ2) is 3.68. The van der Waals surface area contributed by atoms with Gasteiger partial charge in [-0.1, -0.05) is 15.9 Å². The topological polar surface area (TPSA) is 33.3 Å². The Morgan fingerprint density at radius 2 is 2.20 bits per heavy atom. The lowest BCUT2D eigenvalue weighted by Gasteiger charge is -2.15. The largest absolute Gasteiger partial charge is 0.383 e. The Balaban J connectivity index is 1.93. The first-order valence-corrected chi connectivity index (χ1v) is 6.00. The molecule has 2 heterocycles. The zero-order valence-electron chi connectivity index (χ0n) is 8.29. The van der Waals surface area contributed by atoms with Crippen LogP contribution in [0, 0.1) is 5.92 Å². The standard InChI is InChI=1S/C11H13BrN2O/c12-8-1-2-9-10(3-8)13-4-7-5-15-6-11(7)14-9/h1-3,7,11,13-14H,4-6H2. The molecule has 0 amide bonds. The Morgan fingerprint density at radius 3 is 3.13 bits per heavy atom. The number of nitrogens with one attached hydrogen (secondary N) is 2. The molecule has 80 valence electrons. The van der Waals surface area contributed by atoms with E-state index in [0.717, 1.165) is 24.2 Å². The fourth-order valence-corrected chi connectivity index (χ4v) is 2.55. The summed E-state index contributed by atoms with van der Waals surface area (Å²) in [5.41, 5.74) is 2.36. The molecule has 1 aromatic rings. The van der Waals surface area contributed by atoms with Crippen molar-refractivity contribution < 1.29 is 4.74 Å². The molecule has 2 N–H and O–H groups in total. The van der Waals surface area contributed by atoms with Gasteiger partial charge in [-0.2, -0.15) is 0 Å². The Kier molecular flexibility index (Phi) is 2.33. The molecular weight excluding hydrogens is 256 g/mol. The molecule has 3 nitrogen and oxygen atoms in total. The van der Waals surface area contributed by atoms with Crippen LogP contribution in [0.3, 0.4) is 0 Å².